The second-order valence-corrected chi connectivity index (χ2v) is 5.72. The molecule has 1 aliphatic heterocycles. The monoisotopic (exact) mass is 327 g/mol. The Bertz CT molecular complexity index is 737. The average molecular weight is 327 g/mol. The second kappa shape index (κ2) is 7.43. The Morgan fingerprint density at radius 2 is 2.33 bits per heavy atom. The number of aryl methyl sites for hydroxylation is 1. The van der Waals surface area contributed by atoms with Crippen LogP contribution in [-0.4, -0.2) is 46.5 Å². The lowest BCUT2D eigenvalue weighted by atomic mass is 10.1. The summed E-state index contributed by atoms with van der Waals surface area (Å²) in [5.41, 5.74) is 1.65. The summed E-state index contributed by atoms with van der Waals surface area (Å²) in [7, 11) is 1.58. The van der Waals surface area contributed by atoms with Crippen molar-refractivity contribution in [3.05, 3.63) is 41.5 Å². The van der Waals surface area contributed by atoms with Crippen molar-refractivity contribution in [1.29, 1.82) is 5.26 Å². The van der Waals surface area contributed by atoms with Crippen LogP contribution in [0.4, 0.5) is 0 Å². The van der Waals surface area contributed by atoms with E-state index in [4.69, 9.17) is 9.47 Å². The van der Waals surface area contributed by atoms with E-state index in [-0.39, 0.29) is 6.10 Å². The van der Waals surface area contributed by atoms with Crippen molar-refractivity contribution in [2.75, 3.05) is 26.8 Å². The normalized spacial score (nSPS) is 18.3. The molecular formula is C17H21N5O2. The minimum Gasteiger partial charge on any atom is -0.495 e. The van der Waals surface area contributed by atoms with Crippen LogP contribution in [0, 0.1) is 11.3 Å². The molecule has 1 saturated heterocycles. The van der Waals surface area contributed by atoms with Crippen molar-refractivity contribution in [2.24, 2.45) is 0 Å². The lowest BCUT2D eigenvalue weighted by Crippen LogP contribution is -2.38. The van der Waals surface area contributed by atoms with Crippen LogP contribution in [0.25, 0.3) is 0 Å². The molecule has 0 amide bonds. The molecule has 1 aliphatic rings. The van der Waals surface area contributed by atoms with Crippen molar-refractivity contribution in [1.82, 2.24) is 19.7 Å². The van der Waals surface area contributed by atoms with Crippen molar-refractivity contribution < 1.29 is 9.47 Å². The van der Waals surface area contributed by atoms with Gasteiger partial charge in [0.15, 0.2) is 5.82 Å². The van der Waals surface area contributed by atoms with Gasteiger partial charge in [0.25, 0.3) is 0 Å². The molecular weight excluding hydrogens is 306 g/mol. The molecule has 1 fully saturated rings. The van der Waals surface area contributed by atoms with Gasteiger partial charge in [0.2, 0.25) is 0 Å². The van der Waals surface area contributed by atoms with Gasteiger partial charge in [0, 0.05) is 26.2 Å². The predicted molar refractivity (Wildman–Crippen MR) is 87.4 cm³/mol. The highest BCUT2D eigenvalue weighted by Gasteiger charge is 2.26. The number of ether oxygens (including phenoxy) is 2. The van der Waals surface area contributed by atoms with Crippen molar-refractivity contribution in [3.63, 3.8) is 0 Å². The first-order valence-corrected chi connectivity index (χ1v) is 8.03. The van der Waals surface area contributed by atoms with Gasteiger partial charge in [-0.1, -0.05) is 6.07 Å². The van der Waals surface area contributed by atoms with E-state index in [2.05, 4.69) is 28.1 Å². The Kier molecular flexibility index (Phi) is 5.08. The predicted octanol–water partition coefficient (Wildman–Crippen LogP) is 1.75. The number of aromatic nitrogens is 3. The van der Waals surface area contributed by atoms with Gasteiger partial charge in [0.05, 0.1) is 19.3 Å². The molecule has 7 heteroatoms. The number of nitriles is 1. The summed E-state index contributed by atoms with van der Waals surface area (Å²) >= 11 is 0. The van der Waals surface area contributed by atoms with Crippen LogP contribution in [0.15, 0.2) is 24.5 Å². The molecule has 1 atom stereocenters. The highest BCUT2D eigenvalue weighted by atomic mass is 16.5. The van der Waals surface area contributed by atoms with Crippen LogP contribution in [0.3, 0.4) is 0 Å². The third kappa shape index (κ3) is 3.40. The number of methoxy groups -OCH3 is 1. The summed E-state index contributed by atoms with van der Waals surface area (Å²) in [4.78, 5) is 2.31. The zero-order valence-corrected chi connectivity index (χ0v) is 14.0. The standard InChI is InChI=1S/C17H21N5O2/c1-3-22-12-19-20-17(22)16-11-21(6-7-24-16)10-13-4-5-15(23-2)14(8-13)9-18/h4-5,8,12,16H,3,6-7,10-11H2,1-2H3/t16-/m0/s1. The zero-order chi connectivity index (χ0) is 16.9. The first kappa shape index (κ1) is 16.4. The van der Waals surface area contributed by atoms with Gasteiger partial charge in [0.1, 0.15) is 24.3 Å². The topological polar surface area (TPSA) is 76.2 Å². The maximum atomic E-state index is 9.22. The van der Waals surface area contributed by atoms with Crippen molar-refractivity contribution in [2.45, 2.75) is 26.1 Å². The molecule has 0 spiro atoms. The third-order valence-corrected chi connectivity index (χ3v) is 4.22. The number of rotatable bonds is 5. The van der Waals surface area contributed by atoms with Crippen LogP contribution in [0.5, 0.6) is 5.75 Å². The molecule has 2 heterocycles. The van der Waals surface area contributed by atoms with E-state index >= 15 is 0 Å². The summed E-state index contributed by atoms with van der Waals surface area (Å²) in [5.74, 6) is 1.48. The fourth-order valence-electron chi connectivity index (χ4n) is 2.96. The van der Waals surface area contributed by atoms with Crippen LogP contribution in [0.2, 0.25) is 0 Å². The van der Waals surface area contributed by atoms with E-state index in [0.29, 0.717) is 17.9 Å². The lowest BCUT2D eigenvalue weighted by Gasteiger charge is -2.32. The van der Waals surface area contributed by atoms with E-state index in [1.807, 2.05) is 22.8 Å². The minimum atomic E-state index is -0.0742. The van der Waals surface area contributed by atoms with Gasteiger partial charge < -0.3 is 14.0 Å². The van der Waals surface area contributed by atoms with Crippen molar-refractivity contribution in [3.8, 4) is 11.8 Å². The molecule has 0 unspecified atom stereocenters. The van der Waals surface area contributed by atoms with Gasteiger partial charge in [-0.25, -0.2) is 0 Å². The molecule has 24 heavy (non-hydrogen) atoms. The van der Waals surface area contributed by atoms with Gasteiger partial charge in [-0.05, 0) is 24.6 Å². The van der Waals surface area contributed by atoms with E-state index < -0.39 is 0 Å². The minimum absolute atomic E-state index is 0.0742. The van der Waals surface area contributed by atoms with Crippen molar-refractivity contribution >= 4 is 0 Å². The number of morpholine rings is 1. The molecule has 2 aromatic rings. The quantitative estimate of drug-likeness (QED) is 0.833. The zero-order valence-electron chi connectivity index (χ0n) is 14.0. The average Bonchev–Trinajstić information content (AvgIpc) is 3.10. The number of benzene rings is 1. The second-order valence-electron chi connectivity index (χ2n) is 5.72. The van der Waals surface area contributed by atoms with Gasteiger partial charge in [-0.15, -0.1) is 10.2 Å². The number of hydrogen-bond donors (Lipinski definition) is 0. The highest BCUT2D eigenvalue weighted by molar-refractivity contribution is 5.45. The molecule has 0 N–H and O–H groups in total. The van der Waals surface area contributed by atoms with Gasteiger partial charge >= 0.3 is 0 Å². The number of nitrogens with zero attached hydrogens (tertiary/aromatic N) is 5. The Morgan fingerprint density at radius 1 is 1.46 bits per heavy atom. The van der Waals surface area contributed by atoms with E-state index in [0.717, 1.165) is 37.6 Å². The summed E-state index contributed by atoms with van der Waals surface area (Å²) in [6.07, 6.45) is 1.66. The van der Waals surface area contributed by atoms with Crippen LogP contribution in [-0.2, 0) is 17.8 Å². The number of hydrogen-bond acceptors (Lipinski definition) is 6. The van der Waals surface area contributed by atoms with Gasteiger partial charge in [-0.3, -0.25) is 4.90 Å². The SMILES string of the molecule is CCn1cnnc1[C@@H]1CN(Cc2ccc(OC)c(C#N)c2)CCO1. The first-order chi connectivity index (χ1) is 11.7. The Hall–Kier alpha value is -2.43. The fourth-order valence-corrected chi connectivity index (χ4v) is 2.96. The lowest BCUT2D eigenvalue weighted by molar-refractivity contribution is -0.0388. The molecule has 126 valence electrons. The summed E-state index contributed by atoms with van der Waals surface area (Å²) in [5, 5.41) is 17.4. The summed E-state index contributed by atoms with van der Waals surface area (Å²) < 4.78 is 13.1. The fraction of sp³-hybridized carbons (Fsp3) is 0.471. The molecule has 1 aromatic carbocycles. The molecule has 0 bridgehead atoms. The molecule has 0 saturated carbocycles. The molecule has 3 rings (SSSR count). The first-order valence-electron chi connectivity index (χ1n) is 8.03. The molecule has 0 radical (unpaired) electrons. The van der Waals surface area contributed by atoms with Crippen LogP contribution in [0.1, 0.15) is 30.0 Å². The largest absolute Gasteiger partial charge is 0.495 e. The van der Waals surface area contributed by atoms with E-state index in [1.165, 1.54) is 0 Å². The summed E-state index contributed by atoms with van der Waals surface area (Å²) in [6.45, 7) is 5.92. The van der Waals surface area contributed by atoms with E-state index in [9.17, 15) is 5.26 Å². The maximum Gasteiger partial charge on any atom is 0.163 e. The Balaban J connectivity index is 1.71. The van der Waals surface area contributed by atoms with E-state index in [1.54, 1.807) is 13.4 Å². The van der Waals surface area contributed by atoms with Crippen LogP contribution < -0.4 is 4.74 Å². The Morgan fingerprint density at radius 3 is 3.08 bits per heavy atom. The summed E-state index contributed by atoms with van der Waals surface area (Å²) in [6, 6.07) is 7.91. The smallest absolute Gasteiger partial charge is 0.163 e. The van der Waals surface area contributed by atoms with Crippen LogP contribution >= 0.6 is 0 Å². The Labute approximate surface area is 141 Å². The molecule has 0 aliphatic carbocycles. The molecule has 1 aromatic heterocycles. The highest BCUT2D eigenvalue weighted by Crippen LogP contribution is 2.24. The van der Waals surface area contributed by atoms with Gasteiger partial charge in [-0.2, -0.15) is 5.26 Å². The maximum absolute atomic E-state index is 9.22. The molecule has 7 nitrogen and oxygen atoms in total. The third-order valence-electron chi connectivity index (χ3n) is 4.22.